The van der Waals surface area contributed by atoms with Gasteiger partial charge >= 0.3 is 5.97 Å². The fourth-order valence-corrected chi connectivity index (χ4v) is 4.45. The Labute approximate surface area is 187 Å². The van der Waals surface area contributed by atoms with Crippen molar-refractivity contribution in [1.82, 2.24) is 9.88 Å². The van der Waals surface area contributed by atoms with Crippen LogP contribution in [0.5, 0.6) is 11.5 Å². The summed E-state index contributed by atoms with van der Waals surface area (Å²) in [5.41, 5.74) is 9.00. The van der Waals surface area contributed by atoms with Crippen LogP contribution >= 0.6 is 23.6 Å². The fourth-order valence-electron chi connectivity index (χ4n) is 3.18. The Morgan fingerprint density at radius 2 is 2.00 bits per heavy atom. The molecule has 0 unspecified atom stereocenters. The Morgan fingerprint density at radius 1 is 1.23 bits per heavy atom. The summed E-state index contributed by atoms with van der Waals surface area (Å²) in [5, 5.41) is 2.85. The molecule has 0 saturated carbocycles. The van der Waals surface area contributed by atoms with Gasteiger partial charge in [-0.05, 0) is 54.5 Å². The number of benzene rings is 2. The van der Waals surface area contributed by atoms with Gasteiger partial charge in [-0.2, -0.15) is 0 Å². The lowest BCUT2D eigenvalue weighted by molar-refractivity contribution is 0.0600. The number of amides is 1. The average Bonchev–Trinajstić information content (AvgIpc) is 3.35. The van der Waals surface area contributed by atoms with Crippen LogP contribution in [0.15, 0.2) is 36.4 Å². The molecule has 160 valence electrons. The lowest BCUT2D eigenvalue weighted by Gasteiger charge is -2.11. The molecule has 1 aliphatic rings. The third-order valence-electron chi connectivity index (χ3n) is 4.81. The standard InChI is InChI=1S/C21H19N3O5S2/c1-11-3-5-13(20(26)27-2)8-14(11)24-18(22)17(31-21(24)30)19(25)23-9-12-4-6-15-16(7-12)29-10-28-15/h3-8H,9-10,22H2,1-2H3,(H,23,25). The number of aromatic nitrogens is 1. The number of thiazole rings is 1. The van der Waals surface area contributed by atoms with Crippen molar-refractivity contribution in [3.63, 3.8) is 0 Å². The van der Waals surface area contributed by atoms with Crippen molar-refractivity contribution in [1.29, 1.82) is 0 Å². The van der Waals surface area contributed by atoms with Gasteiger partial charge in [0.25, 0.3) is 5.91 Å². The minimum atomic E-state index is -0.469. The van der Waals surface area contributed by atoms with Gasteiger partial charge in [-0.15, -0.1) is 0 Å². The number of hydrogen-bond acceptors (Lipinski definition) is 8. The molecule has 31 heavy (non-hydrogen) atoms. The Bertz CT molecular complexity index is 1250. The van der Waals surface area contributed by atoms with Gasteiger partial charge in [-0.1, -0.05) is 23.5 Å². The van der Waals surface area contributed by atoms with E-state index in [1.54, 1.807) is 28.8 Å². The molecule has 2 aromatic carbocycles. The Morgan fingerprint density at radius 3 is 2.77 bits per heavy atom. The van der Waals surface area contributed by atoms with E-state index in [9.17, 15) is 9.59 Å². The Kier molecular flexibility index (Phi) is 5.66. The van der Waals surface area contributed by atoms with Crippen molar-refractivity contribution in [2.75, 3.05) is 19.6 Å². The molecule has 0 fully saturated rings. The number of aryl methyl sites for hydroxylation is 1. The third-order valence-corrected chi connectivity index (χ3v) is 6.20. The smallest absolute Gasteiger partial charge is 0.337 e. The summed E-state index contributed by atoms with van der Waals surface area (Å²) in [6.45, 7) is 2.35. The van der Waals surface area contributed by atoms with E-state index in [1.807, 2.05) is 19.1 Å². The predicted octanol–water partition coefficient (Wildman–Crippen LogP) is 3.60. The molecule has 1 aliphatic heterocycles. The van der Waals surface area contributed by atoms with Crippen LogP contribution in [0.1, 0.15) is 31.2 Å². The zero-order chi connectivity index (χ0) is 22.1. The minimum absolute atomic E-state index is 0.190. The molecule has 0 saturated heterocycles. The summed E-state index contributed by atoms with van der Waals surface area (Å²) in [6.07, 6.45) is 0. The molecule has 10 heteroatoms. The van der Waals surface area contributed by atoms with E-state index < -0.39 is 5.97 Å². The zero-order valence-corrected chi connectivity index (χ0v) is 18.4. The first-order valence-corrected chi connectivity index (χ1v) is 10.5. The number of ether oxygens (including phenoxy) is 3. The predicted molar refractivity (Wildman–Crippen MR) is 119 cm³/mol. The van der Waals surface area contributed by atoms with Crippen molar-refractivity contribution in [2.24, 2.45) is 0 Å². The second-order valence-corrected chi connectivity index (χ2v) is 8.43. The molecule has 1 amide bonds. The summed E-state index contributed by atoms with van der Waals surface area (Å²) < 4.78 is 17.4. The normalized spacial score (nSPS) is 11.9. The van der Waals surface area contributed by atoms with Crippen LogP contribution in [0.2, 0.25) is 0 Å². The lowest BCUT2D eigenvalue weighted by atomic mass is 10.1. The number of carbonyl (C=O) groups is 2. The van der Waals surface area contributed by atoms with E-state index in [2.05, 4.69) is 5.32 Å². The number of esters is 1. The van der Waals surface area contributed by atoms with Gasteiger partial charge in [0.05, 0.1) is 18.4 Å². The highest BCUT2D eigenvalue weighted by molar-refractivity contribution is 7.73. The minimum Gasteiger partial charge on any atom is -0.465 e. The van der Waals surface area contributed by atoms with E-state index >= 15 is 0 Å². The van der Waals surface area contributed by atoms with Gasteiger partial charge in [-0.3, -0.25) is 9.36 Å². The molecule has 4 rings (SSSR count). The van der Waals surface area contributed by atoms with Crippen LogP contribution in [0, 0.1) is 10.9 Å². The van der Waals surface area contributed by atoms with E-state index in [1.165, 1.54) is 7.11 Å². The number of nitrogens with two attached hydrogens (primary N) is 1. The highest BCUT2D eigenvalue weighted by Crippen LogP contribution is 2.33. The first-order chi connectivity index (χ1) is 14.9. The number of rotatable bonds is 5. The van der Waals surface area contributed by atoms with Crippen LogP contribution in [0.25, 0.3) is 5.69 Å². The van der Waals surface area contributed by atoms with Crippen molar-refractivity contribution >= 4 is 41.2 Å². The van der Waals surface area contributed by atoms with Crippen molar-refractivity contribution in [3.05, 3.63) is 61.9 Å². The highest BCUT2D eigenvalue weighted by Gasteiger charge is 2.20. The van der Waals surface area contributed by atoms with Crippen molar-refractivity contribution in [3.8, 4) is 17.2 Å². The van der Waals surface area contributed by atoms with Crippen LogP contribution < -0.4 is 20.5 Å². The second-order valence-electron chi connectivity index (χ2n) is 6.78. The third kappa shape index (κ3) is 3.99. The van der Waals surface area contributed by atoms with Gasteiger partial charge in [0, 0.05) is 6.54 Å². The van der Waals surface area contributed by atoms with E-state index in [0.717, 1.165) is 22.5 Å². The molecule has 0 bridgehead atoms. The molecule has 2 heterocycles. The molecule has 3 aromatic rings. The van der Waals surface area contributed by atoms with Gasteiger partial charge < -0.3 is 25.3 Å². The van der Waals surface area contributed by atoms with Crippen LogP contribution in [0.3, 0.4) is 0 Å². The SMILES string of the molecule is COC(=O)c1ccc(C)c(-n2c(N)c(C(=O)NCc3ccc4c(c3)OCO4)sc2=S)c1. The first-order valence-electron chi connectivity index (χ1n) is 9.26. The van der Waals surface area contributed by atoms with E-state index in [0.29, 0.717) is 31.6 Å². The van der Waals surface area contributed by atoms with Gasteiger partial charge in [0.15, 0.2) is 15.5 Å². The fraction of sp³-hybridized carbons (Fsp3) is 0.190. The molecule has 0 spiro atoms. The number of nitrogens with one attached hydrogen (secondary N) is 1. The second kappa shape index (κ2) is 8.40. The molecule has 0 radical (unpaired) electrons. The number of hydrogen-bond donors (Lipinski definition) is 2. The summed E-state index contributed by atoms with van der Waals surface area (Å²) >= 11 is 6.57. The topological polar surface area (TPSA) is 105 Å². The molecule has 1 aromatic heterocycles. The lowest BCUT2D eigenvalue weighted by Crippen LogP contribution is -2.23. The number of nitrogen functional groups attached to an aromatic ring is 1. The zero-order valence-electron chi connectivity index (χ0n) is 16.8. The molecule has 0 aliphatic carbocycles. The summed E-state index contributed by atoms with van der Waals surface area (Å²) in [4.78, 5) is 25.0. The maximum atomic E-state index is 12.8. The molecule has 8 nitrogen and oxygen atoms in total. The van der Waals surface area contributed by atoms with E-state index in [-0.39, 0.29) is 25.1 Å². The van der Waals surface area contributed by atoms with Crippen LogP contribution in [0.4, 0.5) is 5.82 Å². The Balaban J connectivity index is 1.59. The largest absolute Gasteiger partial charge is 0.465 e. The quantitative estimate of drug-likeness (QED) is 0.445. The first kappa shape index (κ1) is 20.9. The van der Waals surface area contributed by atoms with E-state index in [4.69, 9.17) is 32.2 Å². The molecule has 3 N–H and O–H groups in total. The molecule has 0 atom stereocenters. The number of nitrogens with zero attached hydrogens (tertiary/aromatic N) is 1. The van der Waals surface area contributed by atoms with Crippen LogP contribution in [-0.2, 0) is 11.3 Å². The maximum absolute atomic E-state index is 12.8. The van der Waals surface area contributed by atoms with Crippen molar-refractivity contribution in [2.45, 2.75) is 13.5 Å². The number of fused-ring (bicyclic) bond motifs is 1. The molecular weight excluding hydrogens is 438 g/mol. The van der Waals surface area contributed by atoms with Gasteiger partial charge in [0.1, 0.15) is 10.7 Å². The van der Waals surface area contributed by atoms with Gasteiger partial charge in [-0.25, -0.2) is 4.79 Å². The van der Waals surface area contributed by atoms with Crippen molar-refractivity contribution < 1.29 is 23.8 Å². The number of carbonyl (C=O) groups excluding carboxylic acids is 2. The summed E-state index contributed by atoms with van der Waals surface area (Å²) in [7, 11) is 1.31. The number of methoxy groups -OCH3 is 1. The van der Waals surface area contributed by atoms with Crippen LogP contribution in [-0.4, -0.2) is 30.3 Å². The number of anilines is 1. The Hall–Kier alpha value is -3.37. The van der Waals surface area contributed by atoms with Gasteiger partial charge in [0.2, 0.25) is 6.79 Å². The summed E-state index contributed by atoms with van der Waals surface area (Å²) in [6, 6.07) is 10.6. The molecular formula is C21H19N3O5S2. The monoisotopic (exact) mass is 457 g/mol. The maximum Gasteiger partial charge on any atom is 0.337 e. The average molecular weight is 458 g/mol. The highest BCUT2D eigenvalue weighted by atomic mass is 32.1. The summed E-state index contributed by atoms with van der Waals surface area (Å²) in [5.74, 6) is 0.728.